The van der Waals surface area contributed by atoms with Gasteiger partial charge in [0.05, 0.1) is 16.3 Å². The third-order valence-electron chi connectivity index (χ3n) is 2.76. The van der Waals surface area contributed by atoms with Gasteiger partial charge in [-0.25, -0.2) is 9.97 Å². The Labute approximate surface area is 114 Å². The molecule has 1 unspecified atom stereocenters. The molecule has 19 heavy (non-hydrogen) atoms. The van der Waals surface area contributed by atoms with E-state index in [2.05, 4.69) is 15.3 Å². The molecular weight excluding hydrogens is 261 g/mol. The van der Waals surface area contributed by atoms with E-state index in [9.17, 15) is 4.39 Å². The minimum absolute atomic E-state index is 0.00769. The molecule has 0 radical (unpaired) electrons. The lowest BCUT2D eigenvalue weighted by Crippen LogP contribution is -2.07. The largest absolute Gasteiger partial charge is 0.361 e. The monoisotopic (exact) mass is 273 g/mol. The number of hydrogen-bond donors (Lipinski definition) is 1. The predicted molar refractivity (Wildman–Crippen MR) is 75.9 cm³/mol. The Balaban J connectivity index is 1.85. The number of thiazole rings is 1. The second kappa shape index (κ2) is 4.93. The molecule has 0 amide bonds. The average molecular weight is 273 g/mol. The second-order valence-electron chi connectivity index (χ2n) is 4.23. The van der Waals surface area contributed by atoms with Crippen molar-refractivity contribution in [2.24, 2.45) is 0 Å². The first kappa shape index (κ1) is 12.0. The third kappa shape index (κ3) is 2.56. The Kier molecular flexibility index (Phi) is 3.13. The lowest BCUT2D eigenvalue weighted by atomic mass is 10.3. The minimum atomic E-state index is -0.485. The molecule has 0 saturated heterocycles. The summed E-state index contributed by atoms with van der Waals surface area (Å²) in [6.07, 6.45) is 0. The molecule has 0 aliphatic heterocycles. The molecule has 1 atom stereocenters. The van der Waals surface area contributed by atoms with E-state index in [0.717, 1.165) is 15.2 Å². The summed E-state index contributed by atoms with van der Waals surface area (Å²) in [6, 6.07) is 12.7. The van der Waals surface area contributed by atoms with Crippen LogP contribution in [0, 0.1) is 5.95 Å². The van der Waals surface area contributed by atoms with Crippen LogP contribution >= 0.6 is 11.3 Å². The van der Waals surface area contributed by atoms with Crippen molar-refractivity contribution >= 4 is 27.4 Å². The smallest absolute Gasteiger partial charge is 0.214 e. The van der Waals surface area contributed by atoms with Gasteiger partial charge < -0.3 is 5.32 Å². The fraction of sp³-hybridized carbons (Fsp3) is 0.143. The van der Waals surface area contributed by atoms with Gasteiger partial charge >= 0.3 is 0 Å². The number of benzene rings is 1. The molecule has 96 valence electrons. The zero-order chi connectivity index (χ0) is 13.2. The van der Waals surface area contributed by atoms with E-state index in [0.29, 0.717) is 5.82 Å². The standard InChI is InChI=1S/C14H12FN3S/c1-9(16-13-8-4-7-12(15)18-13)14-17-10-5-2-3-6-11(10)19-14/h2-9H,1H3,(H,16,18). The quantitative estimate of drug-likeness (QED) is 0.733. The van der Waals surface area contributed by atoms with Crippen molar-refractivity contribution in [2.45, 2.75) is 13.0 Å². The molecule has 0 fully saturated rings. The van der Waals surface area contributed by atoms with Crippen LogP contribution in [0.5, 0.6) is 0 Å². The van der Waals surface area contributed by atoms with Crippen molar-refractivity contribution in [2.75, 3.05) is 5.32 Å². The first-order valence-corrected chi connectivity index (χ1v) is 6.78. The molecule has 2 heterocycles. The van der Waals surface area contributed by atoms with Gasteiger partial charge in [0, 0.05) is 0 Å². The number of rotatable bonds is 3. The number of hydrogen-bond acceptors (Lipinski definition) is 4. The Hall–Kier alpha value is -2.01. The third-order valence-corrected chi connectivity index (χ3v) is 3.98. The van der Waals surface area contributed by atoms with Gasteiger partial charge in [0.1, 0.15) is 10.8 Å². The van der Waals surface area contributed by atoms with E-state index >= 15 is 0 Å². The molecule has 2 aromatic heterocycles. The highest BCUT2D eigenvalue weighted by atomic mass is 32.1. The van der Waals surface area contributed by atoms with Crippen LogP contribution in [0.3, 0.4) is 0 Å². The number of halogens is 1. The summed E-state index contributed by atoms with van der Waals surface area (Å²) in [5.41, 5.74) is 0.989. The van der Waals surface area contributed by atoms with Gasteiger partial charge in [0.15, 0.2) is 0 Å². The van der Waals surface area contributed by atoms with Gasteiger partial charge in [-0.2, -0.15) is 4.39 Å². The zero-order valence-electron chi connectivity index (χ0n) is 10.3. The van der Waals surface area contributed by atoms with Crippen LogP contribution in [0.15, 0.2) is 42.5 Å². The predicted octanol–water partition coefficient (Wildman–Crippen LogP) is 4.00. The van der Waals surface area contributed by atoms with Crippen molar-refractivity contribution < 1.29 is 4.39 Å². The molecule has 0 bridgehead atoms. The normalized spacial score (nSPS) is 12.5. The molecule has 0 aliphatic rings. The van der Waals surface area contributed by atoms with Crippen LogP contribution in [0.25, 0.3) is 10.2 Å². The minimum Gasteiger partial charge on any atom is -0.361 e. The van der Waals surface area contributed by atoms with E-state index in [1.165, 1.54) is 6.07 Å². The average Bonchev–Trinajstić information content (AvgIpc) is 2.82. The maximum absolute atomic E-state index is 13.0. The first-order chi connectivity index (χ1) is 9.22. The van der Waals surface area contributed by atoms with Crippen molar-refractivity contribution in [3.63, 3.8) is 0 Å². The molecule has 3 nitrogen and oxygen atoms in total. The highest BCUT2D eigenvalue weighted by Crippen LogP contribution is 2.27. The number of nitrogens with zero attached hydrogens (tertiary/aromatic N) is 2. The molecule has 1 N–H and O–H groups in total. The lowest BCUT2D eigenvalue weighted by molar-refractivity contribution is 0.584. The highest BCUT2D eigenvalue weighted by molar-refractivity contribution is 7.18. The van der Waals surface area contributed by atoms with Crippen molar-refractivity contribution in [3.8, 4) is 0 Å². The van der Waals surface area contributed by atoms with Gasteiger partial charge in [-0.05, 0) is 31.2 Å². The van der Waals surface area contributed by atoms with E-state index in [4.69, 9.17) is 0 Å². The fourth-order valence-corrected chi connectivity index (χ4v) is 2.82. The zero-order valence-corrected chi connectivity index (χ0v) is 11.1. The maximum atomic E-state index is 13.0. The Morgan fingerprint density at radius 1 is 1.11 bits per heavy atom. The van der Waals surface area contributed by atoms with Crippen LogP contribution < -0.4 is 5.32 Å². The number of para-hydroxylation sites is 1. The molecule has 1 aromatic carbocycles. The van der Waals surface area contributed by atoms with Gasteiger partial charge in [0.2, 0.25) is 5.95 Å². The summed E-state index contributed by atoms with van der Waals surface area (Å²) in [6.45, 7) is 1.99. The van der Waals surface area contributed by atoms with Gasteiger partial charge in [0.25, 0.3) is 0 Å². The van der Waals surface area contributed by atoms with E-state index in [1.807, 2.05) is 31.2 Å². The van der Waals surface area contributed by atoms with Crippen molar-refractivity contribution in [3.05, 3.63) is 53.4 Å². The van der Waals surface area contributed by atoms with Crippen molar-refractivity contribution in [1.82, 2.24) is 9.97 Å². The lowest BCUT2D eigenvalue weighted by Gasteiger charge is -2.11. The summed E-state index contributed by atoms with van der Waals surface area (Å²) in [7, 11) is 0. The van der Waals surface area contributed by atoms with Crippen LogP contribution in [0.4, 0.5) is 10.2 Å². The van der Waals surface area contributed by atoms with E-state index in [-0.39, 0.29) is 6.04 Å². The van der Waals surface area contributed by atoms with Gasteiger partial charge in [-0.1, -0.05) is 18.2 Å². The molecule has 0 saturated carbocycles. The number of pyridine rings is 1. The maximum Gasteiger partial charge on any atom is 0.214 e. The molecule has 0 aliphatic carbocycles. The molecule has 3 rings (SSSR count). The van der Waals surface area contributed by atoms with E-state index in [1.54, 1.807) is 23.5 Å². The highest BCUT2D eigenvalue weighted by Gasteiger charge is 2.11. The summed E-state index contributed by atoms with van der Waals surface area (Å²) < 4.78 is 14.2. The Bertz CT molecular complexity index is 677. The van der Waals surface area contributed by atoms with E-state index < -0.39 is 5.95 Å². The first-order valence-electron chi connectivity index (χ1n) is 5.97. The topological polar surface area (TPSA) is 37.8 Å². The van der Waals surface area contributed by atoms with Crippen molar-refractivity contribution in [1.29, 1.82) is 0 Å². The Morgan fingerprint density at radius 2 is 1.95 bits per heavy atom. The molecular formula is C14H12FN3S. The van der Waals surface area contributed by atoms with Crippen LogP contribution in [0.2, 0.25) is 0 Å². The fourth-order valence-electron chi connectivity index (χ4n) is 1.85. The number of nitrogens with one attached hydrogen (secondary N) is 1. The number of aromatic nitrogens is 2. The number of anilines is 1. The van der Waals surface area contributed by atoms with Gasteiger partial charge in [-0.15, -0.1) is 11.3 Å². The molecule has 3 aromatic rings. The SMILES string of the molecule is CC(Nc1cccc(F)n1)c1nc2ccccc2s1. The van der Waals surface area contributed by atoms with Crippen LogP contribution in [0.1, 0.15) is 18.0 Å². The summed E-state index contributed by atoms with van der Waals surface area (Å²) in [5, 5.41) is 4.12. The van der Waals surface area contributed by atoms with Gasteiger partial charge in [-0.3, -0.25) is 0 Å². The molecule has 5 heteroatoms. The molecule has 0 spiro atoms. The summed E-state index contributed by atoms with van der Waals surface area (Å²) >= 11 is 1.63. The number of fused-ring (bicyclic) bond motifs is 1. The Morgan fingerprint density at radius 3 is 2.74 bits per heavy atom. The van der Waals surface area contributed by atoms with Crippen LogP contribution in [-0.2, 0) is 0 Å². The van der Waals surface area contributed by atoms with Crippen LogP contribution in [-0.4, -0.2) is 9.97 Å². The second-order valence-corrected chi connectivity index (χ2v) is 5.29. The summed E-state index contributed by atoms with van der Waals surface area (Å²) in [5.74, 6) is 0.0354. The summed E-state index contributed by atoms with van der Waals surface area (Å²) in [4.78, 5) is 8.36.